The summed E-state index contributed by atoms with van der Waals surface area (Å²) in [6.45, 7) is 3.64. The molecule has 1 aromatic heterocycles. The van der Waals surface area contributed by atoms with Crippen molar-refractivity contribution in [3.63, 3.8) is 0 Å². The third kappa shape index (κ3) is 2.85. The minimum absolute atomic E-state index is 0.0128. The van der Waals surface area contributed by atoms with E-state index in [9.17, 15) is 4.79 Å². The molecule has 19 heavy (non-hydrogen) atoms. The fourth-order valence-electron chi connectivity index (χ4n) is 2.52. The first-order valence-corrected chi connectivity index (χ1v) is 6.59. The van der Waals surface area contributed by atoms with Crippen LogP contribution in [0.2, 0.25) is 0 Å². The molecule has 2 unspecified atom stereocenters. The molecule has 1 aromatic rings. The smallest absolute Gasteiger partial charge is 0.318 e. The van der Waals surface area contributed by atoms with Gasteiger partial charge < -0.3 is 20.3 Å². The molecule has 0 bridgehead atoms. The molecule has 0 aliphatic carbocycles. The monoisotopic (exact) mass is 262 g/mol. The minimum Gasteiger partial charge on any atom is -0.378 e. The summed E-state index contributed by atoms with van der Waals surface area (Å²) in [7, 11) is 0. The SMILES string of the molecule is O=C1NC(c2cccnc2)CN1CC1COCCN1. The van der Waals surface area contributed by atoms with Crippen molar-refractivity contribution in [2.45, 2.75) is 12.1 Å². The van der Waals surface area contributed by atoms with E-state index in [1.165, 1.54) is 0 Å². The lowest BCUT2D eigenvalue weighted by Crippen LogP contribution is -2.49. The Hall–Kier alpha value is -1.66. The molecule has 0 spiro atoms. The van der Waals surface area contributed by atoms with E-state index >= 15 is 0 Å². The number of nitrogens with zero attached hydrogens (tertiary/aromatic N) is 2. The second-order valence-electron chi connectivity index (χ2n) is 4.92. The molecule has 2 saturated heterocycles. The zero-order chi connectivity index (χ0) is 13.1. The van der Waals surface area contributed by atoms with Crippen molar-refractivity contribution in [3.8, 4) is 0 Å². The molecule has 3 rings (SSSR count). The van der Waals surface area contributed by atoms with E-state index in [0.29, 0.717) is 19.7 Å². The standard InChI is InChI=1S/C13H18N4O2/c18-13-16-12(10-2-1-3-14-6-10)8-17(13)7-11-9-19-5-4-15-11/h1-3,6,11-12,15H,4-5,7-9H2,(H,16,18). The van der Waals surface area contributed by atoms with Gasteiger partial charge in [-0.15, -0.1) is 0 Å². The molecule has 3 heterocycles. The quantitative estimate of drug-likeness (QED) is 0.813. The van der Waals surface area contributed by atoms with E-state index in [1.807, 2.05) is 17.0 Å². The molecule has 2 N–H and O–H groups in total. The number of amides is 2. The highest BCUT2D eigenvalue weighted by Gasteiger charge is 2.31. The van der Waals surface area contributed by atoms with E-state index in [1.54, 1.807) is 12.4 Å². The van der Waals surface area contributed by atoms with Crippen LogP contribution in [0.1, 0.15) is 11.6 Å². The van der Waals surface area contributed by atoms with Gasteiger partial charge in [0.05, 0.1) is 19.3 Å². The highest BCUT2D eigenvalue weighted by atomic mass is 16.5. The van der Waals surface area contributed by atoms with Gasteiger partial charge in [-0.25, -0.2) is 4.79 Å². The van der Waals surface area contributed by atoms with Crippen molar-refractivity contribution in [2.75, 3.05) is 32.8 Å². The van der Waals surface area contributed by atoms with E-state index in [2.05, 4.69) is 15.6 Å². The number of urea groups is 1. The molecule has 6 heteroatoms. The molecule has 2 fully saturated rings. The van der Waals surface area contributed by atoms with Crippen LogP contribution in [0.3, 0.4) is 0 Å². The van der Waals surface area contributed by atoms with Crippen molar-refractivity contribution in [1.82, 2.24) is 20.5 Å². The molecule has 2 atom stereocenters. The number of aromatic nitrogens is 1. The topological polar surface area (TPSA) is 66.5 Å². The van der Waals surface area contributed by atoms with Crippen LogP contribution in [-0.4, -0.2) is 54.8 Å². The summed E-state index contributed by atoms with van der Waals surface area (Å²) >= 11 is 0. The number of ether oxygens (including phenoxy) is 1. The summed E-state index contributed by atoms with van der Waals surface area (Å²) in [5.41, 5.74) is 1.05. The van der Waals surface area contributed by atoms with Crippen molar-refractivity contribution in [1.29, 1.82) is 0 Å². The first kappa shape index (κ1) is 12.4. The molecular weight excluding hydrogens is 244 g/mol. The largest absolute Gasteiger partial charge is 0.378 e. The fourth-order valence-corrected chi connectivity index (χ4v) is 2.52. The molecule has 2 aliphatic rings. The van der Waals surface area contributed by atoms with E-state index in [0.717, 1.165) is 18.7 Å². The molecule has 0 radical (unpaired) electrons. The van der Waals surface area contributed by atoms with Gasteiger partial charge in [0.25, 0.3) is 0 Å². The fraction of sp³-hybridized carbons (Fsp3) is 0.538. The van der Waals surface area contributed by atoms with Crippen LogP contribution in [0.4, 0.5) is 4.79 Å². The highest BCUT2D eigenvalue weighted by Crippen LogP contribution is 2.19. The van der Waals surface area contributed by atoms with E-state index in [-0.39, 0.29) is 18.1 Å². The average molecular weight is 262 g/mol. The second-order valence-corrected chi connectivity index (χ2v) is 4.92. The minimum atomic E-state index is -0.0128. The Kier molecular flexibility index (Phi) is 3.61. The lowest BCUT2D eigenvalue weighted by Gasteiger charge is -2.27. The number of morpholine rings is 1. The van der Waals surface area contributed by atoms with Gasteiger partial charge in [-0.1, -0.05) is 6.07 Å². The van der Waals surface area contributed by atoms with Gasteiger partial charge in [0.2, 0.25) is 0 Å². The Morgan fingerprint density at radius 1 is 1.53 bits per heavy atom. The average Bonchev–Trinajstić information content (AvgIpc) is 2.82. The molecule has 6 nitrogen and oxygen atoms in total. The van der Waals surface area contributed by atoms with Gasteiger partial charge in [-0.3, -0.25) is 4.98 Å². The van der Waals surface area contributed by atoms with Crippen LogP contribution in [-0.2, 0) is 4.74 Å². The number of carbonyl (C=O) groups is 1. The Balaban J connectivity index is 1.60. The molecule has 0 saturated carbocycles. The van der Waals surface area contributed by atoms with Gasteiger partial charge >= 0.3 is 6.03 Å². The Morgan fingerprint density at radius 2 is 2.47 bits per heavy atom. The van der Waals surface area contributed by atoms with Crippen LogP contribution in [0.25, 0.3) is 0 Å². The summed E-state index contributed by atoms with van der Waals surface area (Å²) in [6.07, 6.45) is 3.54. The van der Waals surface area contributed by atoms with Gasteiger partial charge in [-0.05, 0) is 11.6 Å². The lowest BCUT2D eigenvalue weighted by molar-refractivity contribution is 0.0679. The van der Waals surface area contributed by atoms with Crippen molar-refractivity contribution >= 4 is 6.03 Å². The van der Waals surface area contributed by atoms with Crippen LogP contribution in [0.15, 0.2) is 24.5 Å². The number of hydrogen-bond donors (Lipinski definition) is 2. The van der Waals surface area contributed by atoms with E-state index in [4.69, 9.17) is 4.74 Å². The van der Waals surface area contributed by atoms with Crippen molar-refractivity contribution in [2.24, 2.45) is 0 Å². The molecular formula is C13H18N4O2. The van der Waals surface area contributed by atoms with E-state index < -0.39 is 0 Å². The van der Waals surface area contributed by atoms with Gasteiger partial charge in [0.15, 0.2) is 0 Å². The Morgan fingerprint density at radius 3 is 3.21 bits per heavy atom. The summed E-state index contributed by atoms with van der Waals surface area (Å²) in [5, 5.41) is 6.35. The number of pyridine rings is 1. The van der Waals surface area contributed by atoms with Gasteiger partial charge in [0.1, 0.15) is 0 Å². The molecule has 2 aliphatic heterocycles. The summed E-state index contributed by atoms with van der Waals surface area (Å²) in [6, 6.07) is 4.13. The van der Waals surface area contributed by atoms with Gasteiger partial charge in [0, 0.05) is 38.1 Å². The lowest BCUT2D eigenvalue weighted by atomic mass is 10.1. The second kappa shape index (κ2) is 5.54. The normalized spacial score (nSPS) is 27.4. The predicted octanol–water partition coefficient (Wildman–Crippen LogP) is 0.136. The first-order chi connectivity index (χ1) is 9.33. The van der Waals surface area contributed by atoms with Crippen LogP contribution < -0.4 is 10.6 Å². The molecule has 2 amide bonds. The third-order valence-corrected chi connectivity index (χ3v) is 3.51. The third-order valence-electron chi connectivity index (χ3n) is 3.51. The maximum absolute atomic E-state index is 12.0. The zero-order valence-corrected chi connectivity index (χ0v) is 10.7. The van der Waals surface area contributed by atoms with Gasteiger partial charge in [-0.2, -0.15) is 0 Å². The number of carbonyl (C=O) groups excluding carboxylic acids is 1. The van der Waals surface area contributed by atoms with Crippen molar-refractivity contribution in [3.05, 3.63) is 30.1 Å². The maximum Gasteiger partial charge on any atom is 0.318 e. The molecule has 102 valence electrons. The van der Waals surface area contributed by atoms with Crippen molar-refractivity contribution < 1.29 is 9.53 Å². The number of nitrogens with one attached hydrogen (secondary N) is 2. The number of rotatable bonds is 3. The highest BCUT2D eigenvalue weighted by molar-refractivity contribution is 5.77. The Bertz CT molecular complexity index is 434. The summed E-state index contributed by atoms with van der Waals surface area (Å²) < 4.78 is 5.41. The zero-order valence-electron chi connectivity index (χ0n) is 10.7. The Labute approximate surface area is 112 Å². The van der Waals surface area contributed by atoms with Crippen LogP contribution in [0, 0.1) is 0 Å². The first-order valence-electron chi connectivity index (χ1n) is 6.59. The maximum atomic E-state index is 12.0. The van der Waals surface area contributed by atoms with Crippen LogP contribution >= 0.6 is 0 Å². The number of hydrogen-bond acceptors (Lipinski definition) is 4. The van der Waals surface area contributed by atoms with Crippen LogP contribution in [0.5, 0.6) is 0 Å². The summed E-state index contributed by atoms with van der Waals surface area (Å²) in [5.74, 6) is 0. The predicted molar refractivity (Wildman–Crippen MR) is 69.7 cm³/mol. The molecule has 0 aromatic carbocycles. The summed E-state index contributed by atoms with van der Waals surface area (Å²) in [4.78, 5) is 17.9.